The van der Waals surface area contributed by atoms with Gasteiger partial charge in [0.1, 0.15) is 4.60 Å². The lowest BCUT2D eigenvalue weighted by molar-refractivity contribution is 0.0934. The Morgan fingerprint density at radius 3 is 2.76 bits per heavy atom. The number of amides is 1. The van der Waals surface area contributed by atoms with E-state index in [2.05, 4.69) is 33.2 Å². The van der Waals surface area contributed by atoms with Crippen LogP contribution in [0.15, 0.2) is 22.9 Å². The minimum absolute atomic E-state index is 0.0295. The zero-order valence-electron chi connectivity index (χ0n) is 10.0. The summed E-state index contributed by atoms with van der Waals surface area (Å²) in [5.74, 6) is -0.0295. The molecule has 92 valence electrons. The molecule has 1 aromatic heterocycles. The standard InChI is InChI=1S/C13H17BrN2O/c1-13(6-2-3-7-13)9-16-12(17)10-4-5-11(14)15-8-10/h4-5,8H,2-3,6-7,9H2,1H3,(H,16,17). The van der Waals surface area contributed by atoms with Gasteiger partial charge in [0.15, 0.2) is 0 Å². The topological polar surface area (TPSA) is 42.0 Å². The Labute approximate surface area is 110 Å². The third kappa shape index (κ3) is 3.28. The summed E-state index contributed by atoms with van der Waals surface area (Å²) >= 11 is 3.25. The molecule has 1 amide bonds. The van der Waals surface area contributed by atoms with Crippen molar-refractivity contribution >= 4 is 21.8 Å². The molecule has 0 unspecified atom stereocenters. The fraction of sp³-hybridized carbons (Fsp3) is 0.538. The van der Waals surface area contributed by atoms with Gasteiger partial charge in [0.25, 0.3) is 5.91 Å². The number of carbonyl (C=O) groups is 1. The molecule has 1 aliphatic carbocycles. The summed E-state index contributed by atoms with van der Waals surface area (Å²) in [7, 11) is 0. The van der Waals surface area contributed by atoms with E-state index in [0.717, 1.165) is 11.1 Å². The highest BCUT2D eigenvalue weighted by atomic mass is 79.9. The lowest BCUT2D eigenvalue weighted by Gasteiger charge is -2.23. The maximum absolute atomic E-state index is 11.9. The van der Waals surface area contributed by atoms with Crippen molar-refractivity contribution in [2.24, 2.45) is 5.41 Å². The maximum Gasteiger partial charge on any atom is 0.252 e. The molecule has 3 nitrogen and oxygen atoms in total. The molecule has 0 aliphatic heterocycles. The van der Waals surface area contributed by atoms with Crippen molar-refractivity contribution in [1.29, 1.82) is 0 Å². The highest BCUT2D eigenvalue weighted by Crippen LogP contribution is 2.36. The Hall–Kier alpha value is -0.900. The molecule has 1 heterocycles. The van der Waals surface area contributed by atoms with Crippen LogP contribution in [0.1, 0.15) is 43.0 Å². The molecule has 1 aliphatic rings. The first-order valence-electron chi connectivity index (χ1n) is 5.99. The number of aromatic nitrogens is 1. The second-order valence-electron chi connectivity index (χ2n) is 5.07. The molecule has 0 saturated heterocycles. The smallest absolute Gasteiger partial charge is 0.252 e. The number of nitrogens with zero attached hydrogens (tertiary/aromatic N) is 1. The number of hydrogen-bond donors (Lipinski definition) is 1. The van der Waals surface area contributed by atoms with Gasteiger partial charge >= 0.3 is 0 Å². The van der Waals surface area contributed by atoms with E-state index in [4.69, 9.17) is 0 Å². The normalized spacial score (nSPS) is 18.0. The van der Waals surface area contributed by atoms with Gasteiger partial charge in [-0.1, -0.05) is 19.8 Å². The second kappa shape index (κ2) is 5.17. The van der Waals surface area contributed by atoms with Gasteiger partial charge in [-0.25, -0.2) is 4.98 Å². The summed E-state index contributed by atoms with van der Waals surface area (Å²) in [6.07, 6.45) is 6.59. The molecule has 0 radical (unpaired) electrons. The van der Waals surface area contributed by atoms with Crippen LogP contribution in [-0.4, -0.2) is 17.4 Å². The highest BCUT2D eigenvalue weighted by molar-refractivity contribution is 9.10. The Morgan fingerprint density at radius 2 is 2.18 bits per heavy atom. The van der Waals surface area contributed by atoms with Crippen LogP contribution in [0, 0.1) is 5.41 Å². The summed E-state index contributed by atoms with van der Waals surface area (Å²) in [5, 5.41) is 3.01. The average Bonchev–Trinajstić information content (AvgIpc) is 2.75. The van der Waals surface area contributed by atoms with Crippen LogP contribution in [0.25, 0.3) is 0 Å². The van der Waals surface area contributed by atoms with Crippen LogP contribution in [0.2, 0.25) is 0 Å². The first-order valence-corrected chi connectivity index (χ1v) is 6.78. The Balaban J connectivity index is 1.91. The van der Waals surface area contributed by atoms with E-state index in [1.807, 2.05) is 0 Å². The van der Waals surface area contributed by atoms with Gasteiger partial charge in [-0.05, 0) is 46.3 Å². The van der Waals surface area contributed by atoms with E-state index < -0.39 is 0 Å². The fourth-order valence-corrected chi connectivity index (χ4v) is 2.55. The van der Waals surface area contributed by atoms with Gasteiger partial charge < -0.3 is 5.32 Å². The van der Waals surface area contributed by atoms with Gasteiger partial charge in [0.2, 0.25) is 0 Å². The molecular formula is C13H17BrN2O. The van der Waals surface area contributed by atoms with Crippen molar-refractivity contribution in [1.82, 2.24) is 10.3 Å². The number of nitrogens with one attached hydrogen (secondary N) is 1. The number of hydrogen-bond acceptors (Lipinski definition) is 2. The first kappa shape index (κ1) is 12.6. The molecule has 4 heteroatoms. The number of carbonyl (C=O) groups excluding carboxylic acids is 1. The molecule has 1 saturated carbocycles. The fourth-order valence-electron chi connectivity index (χ4n) is 2.31. The SMILES string of the molecule is CC1(CNC(=O)c2ccc(Br)nc2)CCCC1. The lowest BCUT2D eigenvalue weighted by atomic mass is 9.89. The molecule has 1 fully saturated rings. The van der Waals surface area contributed by atoms with Gasteiger partial charge in [-0.2, -0.15) is 0 Å². The largest absolute Gasteiger partial charge is 0.351 e. The molecular weight excluding hydrogens is 280 g/mol. The molecule has 17 heavy (non-hydrogen) atoms. The summed E-state index contributed by atoms with van der Waals surface area (Å²) in [6, 6.07) is 3.57. The average molecular weight is 297 g/mol. The second-order valence-corrected chi connectivity index (χ2v) is 5.88. The summed E-state index contributed by atoms with van der Waals surface area (Å²) in [4.78, 5) is 15.9. The van der Waals surface area contributed by atoms with Gasteiger partial charge in [-0.15, -0.1) is 0 Å². The third-order valence-electron chi connectivity index (χ3n) is 3.48. The molecule has 1 aromatic rings. The number of pyridine rings is 1. The zero-order chi connectivity index (χ0) is 12.3. The number of halogens is 1. The minimum atomic E-state index is -0.0295. The van der Waals surface area contributed by atoms with Gasteiger partial charge in [0, 0.05) is 12.7 Å². The quantitative estimate of drug-likeness (QED) is 0.871. The van der Waals surface area contributed by atoms with Crippen molar-refractivity contribution in [2.45, 2.75) is 32.6 Å². The third-order valence-corrected chi connectivity index (χ3v) is 3.95. The first-order chi connectivity index (χ1) is 8.09. The van der Waals surface area contributed by atoms with Gasteiger partial charge in [0.05, 0.1) is 5.56 Å². The van der Waals surface area contributed by atoms with E-state index in [1.165, 1.54) is 25.7 Å². The highest BCUT2D eigenvalue weighted by Gasteiger charge is 2.28. The van der Waals surface area contributed by atoms with Gasteiger partial charge in [-0.3, -0.25) is 4.79 Å². The summed E-state index contributed by atoms with van der Waals surface area (Å²) < 4.78 is 0.747. The molecule has 0 bridgehead atoms. The predicted octanol–water partition coefficient (Wildman–Crippen LogP) is 3.15. The Bertz CT molecular complexity index is 396. The van der Waals surface area contributed by atoms with Crippen LogP contribution < -0.4 is 5.32 Å². The maximum atomic E-state index is 11.9. The molecule has 0 spiro atoms. The van der Waals surface area contributed by atoms with Crippen molar-refractivity contribution < 1.29 is 4.79 Å². The number of rotatable bonds is 3. The monoisotopic (exact) mass is 296 g/mol. The zero-order valence-corrected chi connectivity index (χ0v) is 11.6. The van der Waals surface area contributed by atoms with Crippen molar-refractivity contribution in [3.05, 3.63) is 28.5 Å². The Morgan fingerprint density at radius 1 is 1.47 bits per heavy atom. The van der Waals surface area contributed by atoms with Crippen molar-refractivity contribution in [2.75, 3.05) is 6.54 Å². The molecule has 2 rings (SSSR count). The van der Waals surface area contributed by atoms with Crippen LogP contribution in [0.4, 0.5) is 0 Å². The summed E-state index contributed by atoms with van der Waals surface area (Å²) in [6.45, 7) is 3.02. The summed E-state index contributed by atoms with van der Waals surface area (Å²) in [5.41, 5.74) is 0.910. The lowest BCUT2D eigenvalue weighted by Crippen LogP contribution is -2.34. The molecule has 0 atom stereocenters. The van der Waals surface area contributed by atoms with Crippen LogP contribution in [0.3, 0.4) is 0 Å². The van der Waals surface area contributed by atoms with E-state index in [-0.39, 0.29) is 5.91 Å². The van der Waals surface area contributed by atoms with E-state index >= 15 is 0 Å². The Kier molecular flexibility index (Phi) is 3.82. The van der Waals surface area contributed by atoms with E-state index in [1.54, 1.807) is 18.3 Å². The molecule has 1 N–H and O–H groups in total. The van der Waals surface area contributed by atoms with Crippen LogP contribution >= 0.6 is 15.9 Å². The molecule has 0 aromatic carbocycles. The van der Waals surface area contributed by atoms with Crippen molar-refractivity contribution in [3.8, 4) is 0 Å². The van der Waals surface area contributed by atoms with E-state index in [9.17, 15) is 4.79 Å². The van der Waals surface area contributed by atoms with Crippen LogP contribution in [-0.2, 0) is 0 Å². The van der Waals surface area contributed by atoms with E-state index in [0.29, 0.717) is 11.0 Å². The van der Waals surface area contributed by atoms with Crippen molar-refractivity contribution in [3.63, 3.8) is 0 Å². The minimum Gasteiger partial charge on any atom is -0.351 e. The van der Waals surface area contributed by atoms with Crippen LogP contribution in [0.5, 0.6) is 0 Å². The predicted molar refractivity (Wildman–Crippen MR) is 70.8 cm³/mol.